The zero-order valence-corrected chi connectivity index (χ0v) is 23.7. The number of hydrogen-bond acceptors (Lipinski definition) is 2. The Morgan fingerprint density at radius 2 is 1.35 bits per heavy atom. The Kier molecular flexibility index (Phi) is 11.4. The van der Waals surface area contributed by atoms with Crippen LogP contribution in [0, 0.1) is 23.4 Å². The maximum absolute atomic E-state index is 15.0. The van der Waals surface area contributed by atoms with Crippen LogP contribution in [0.5, 0.6) is 0 Å². The van der Waals surface area contributed by atoms with Gasteiger partial charge < -0.3 is 9.47 Å². The molecule has 214 valence electrons. The van der Waals surface area contributed by atoms with E-state index >= 15 is 4.39 Å². The van der Waals surface area contributed by atoms with Crippen molar-refractivity contribution in [3.63, 3.8) is 0 Å². The molecule has 5 heteroatoms. The lowest BCUT2D eigenvalue weighted by atomic mass is 9.97. The van der Waals surface area contributed by atoms with Gasteiger partial charge in [-0.15, -0.1) is 0 Å². The molecular weight excluding hydrogens is 509 g/mol. The smallest absolute Gasteiger partial charge is 0.186 e. The quantitative estimate of drug-likeness (QED) is 0.156. The summed E-state index contributed by atoms with van der Waals surface area (Å²) in [5.74, 6) is -1.81. The SMILES string of the molecule is C/C=C/C1COC(c2ccc(-c3ccc(-c4ccc(CCCCCCCCCC)c(F)c4F)cc3)cc2F)OC1. The van der Waals surface area contributed by atoms with Gasteiger partial charge >= 0.3 is 0 Å². The molecule has 0 unspecified atom stereocenters. The number of ether oxygens (including phenoxy) is 2. The van der Waals surface area contributed by atoms with Crippen LogP contribution in [0.3, 0.4) is 0 Å². The molecular formula is C35H41F3O2. The lowest BCUT2D eigenvalue weighted by Gasteiger charge is -2.28. The van der Waals surface area contributed by atoms with Crippen LogP contribution in [-0.4, -0.2) is 13.2 Å². The van der Waals surface area contributed by atoms with E-state index in [9.17, 15) is 8.78 Å². The number of benzene rings is 3. The van der Waals surface area contributed by atoms with Crippen LogP contribution in [0.25, 0.3) is 22.3 Å². The predicted octanol–water partition coefficient (Wildman–Crippen LogP) is 10.4. The van der Waals surface area contributed by atoms with Crippen molar-refractivity contribution in [2.24, 2.45) is 5.92 Å². The first-order valence-electron chi connectivity index (χ1n) is 14.7. The number of allylic oxidation sites excluding steroid dienone is 1. The van der Waals surface area contributed by atoms with Gasteiger partial charge in [-0.3, -0.25) is 0 Å². The predicted molar refractivity (Wildman–Crippen MR) is 156 cm³/mol. The summed E-state index contributed by atoms with van der Waals surface area (Å²) in [5.41, 5.74) is 3.07. The number of halogens is 3. The van der Waals surface area contributed by atoms with Crippen molar-refractivity contribution < 1.29 is 22.6 Å². The van der Waals surface area contributed by atoms with E-state index in [1.54, 1.807) is 42.5 Å². The summed E-state index contributed by atoms with van der Waals surface area (Å²) in [6, 6.07) is 15.4. The molecule has 40 heavy (non-hydrogen) atoms. The van der Waals surface area contributed by atoms with Crippen molar-refractivity contribution in [1.82, 2.24) is 0 Å². The molecule has 1 heterocycles. The van der Waals surface area contributed by atoms with Crippen molar-refractivity contribution in [2.75, 3.05) is 13.2 Å². The maximum Gasteiger partial charge on any atom is 0.186 e. The Morgan fingerprint density at radius 1 is 0.725 bits per heavy atom. The van der Waals surface area contributed by atoms with E-state index < -0.39 is 23.7 Å². The molecule has 0 bridgehead atoms. The standard InChI is InChI=1S/C35H41F3O2/c1-3-5-6-7-8-9-10-11-13-28-18-20-30(34(38)33(28)37)27-16-14-26(15-17-27)29-19-21-31(32(36)22-29)35-39-23-25(12-4-2)24-40-35/h4,12,14-22,25,35H,3,5-11,13,23-24H2,1-2H3/b12-4+. The molecule has 0 amide bonds. The van der Waals surface area contributed by atoms with Crippen LogP contribution in [0.4, 0.5) is 13.2 Å². The van der Waals surface area contributed by atoms with Crippen LogP contribution < -0.4 is 0 Å². The lowest BCUT2D eigenvalue weighted by molar-refractivity contribution is -0.198. The third-order valence-corrected chi connectivity index (χ3v) is 7.63. The van der Waals surface area contributed by atoms with Gasteiger partial charge in [0.25, 0.3) is 0 Å². The highest BCUT2D eigenvalue weighted by atomic mass is 19.2. The average Bonchev–Trinajstić information content (AvgIpc) is 2.97. The van der Waals surface area contributed by atoms with Gasteiger partial charge in [-0.05, 0) is 48.1 Å². The second kappa shape index (κ2) is 15.2. The zero-order valence-electron chi connectivity index (χ0n) is 23.7. The van der Waals surface area contributed by atoms with E-state index in [1.807, 2.05) is 25.1 Å². The first kappa shape index (κ1) is 30.1. The van der Waals surface area contributed by atoms with Gasteiger partial charge in [0.05, 0.1) is 13.2 Å². The molecule has 0 aromatic heterocycles. The molecule has 4 rings (SSSR count). The Balaban J connectivity index is 1.36. The van der Waals surface area contributed by atoms with Crippen molar-refractivity contribution >= 4 is 0 Å². The van der Waals surface area contributed by atoms with Gasteiger partial charge in [-0.25, -0.2) is 13.2 Å². The number of hydrogen-bond donors (Lipinski definition) is 0. The van der Waals surface area contributed by atoms with E-state index in [1.165, 1.54) is 38.2 Å². The fraction of sp³-hybridized carbons (Fsp3) is 0.429. The molecule has 1 fully saturated rings. The molecule has 1 aliphatic heterocycles. The Labute approximate surface area is 237 Å². The monoisotopic (exact) mass is 550 g/mol. The minimum atomic E-state index is -0.815. The summed E-state index contributed by atoms with van der Waals surface area (Å²) in [7, 11) is 0. The number of unbranched alkanes of at least 4 members (excludes halogenated alkanes) is 7. The summed E-state index contributed by atoms with van der Waals surface area (Å²) in [6.07, 6.45) is 13.1. The van der Waals surface area contributed by atoms with Gasteiger partial charge in [0.1, 0.15) is 5.82 Å². The Hall–Kier alpha value is -2.89. The summed E-state index contributed by atoms with van der Waals surface area (Å²) >= 11 is 0. The van der Waals surface area contributed by atoms with Gasteiger partial charge in [0.15, 0.2) is 17.9 Å². The molecule has 1 saturated heterocycles. The second-order valence-electron chi connectivity index (χ2n) is 10.7. The molecule has 3 aromatic carbocycles. The molecule has 0 aliphatic carbocycles. The summed E-state index contributed by atoms with van der Waals surface area (Å²) in [5, 5.41) is 0. The van der Waals surface area contributed by atoms with E-state index in [2.05, 4.69) is 6.92 Å². The van der Waals surface area contributed by atoms with Crippen LogP contribution in [-0.2, 0) is 15.9 Å². The fourth-order valence-corrected chi connectivity index (χ4v) is 5.28. The second-order valence-corrected chi connectivity index (χ2v) is 10.7. The number of rotatable bonds is 13. The van der Waals surface area contributed by atoms with Gasteiger partial charge in [-0.2, -0.15) is 0 Å². The molecule has 1 aliphatic rings. The summed E-state index contributed by atoms with van der Waals surface area (Å²) in [4.78, 5) is 0. The Bertz CT molecular complexity index is 1240. The largest absolute Gasteiger partial charge is 0.348 e. The minimum Gasteiger partial charge on any atom is -0.348 e. The van der Waals surface area contributed by atoms with E-state index in [0.29, 0.717) is 41.9 Å². The summed E-state index contributed by atoms with van der Waals surface area (Å²) < 4.78 is 56.3. The molecule has 3 aromatic rings. The van der Waals surface area contributed by atoms with E-state index in [4.69, 9.17) is 9.47 Å². The molecule has 0 atom stereocenters. The molecule has 0 saturated carbocycles. The Morgan fingerprint density at radius 3 is 2.00 bits per heavy atom. The fourth-order valence-electron chi connectivity index (χ4n) is 5.28. The van der Waals surface area contributed by atoms with Gasteiger partial charge in [0, 0.05) is 17.0 Å². The summed E-state index contributed by atoms with van der Waals surface area (Å²) in [6.45, 7) is 5.12. The van der Waals surface area contributed by atoms with Crippen molar-refractivity contribution in [1.29, 1.82) is 0 Å². The van der Waals surface area contributed by atoms with Crippen LogP contribution in [0.15, 0.2) is 66.7 Å². The highest BCUT2D eigenvalue weighted by molar-refractivity contribution is 5.71. The molecule has 0 radical (unpaired) electrons. The maximum atomic E-state index is 15.0. The van der Waals surface area contributed by atoms with E-state index in [0.717, 1.165) is 24.8 Å². The van der Waals surface area contributed by atoms with Crippen LogP contribution in [0.1, 0.15) is 82.6 Å². The van der Waals surface area contributed by atoms with Crippen LogP contribution >= 0.6 is 0 Å². The molecule has 0 spiro atoms. The highest BCUT2D eigenvalue weighted by Crippen LogP contribution is 2.32. The van der Waals surface area contributed by atoms with Gasteiger partial charge in [-0.1, -0.05) is 113 Å². The van der Waals surface area contributed by atoms with Crippen molar-refractivity contribution in [2.45, 2.75) is 77.9 Å². The number of aryl methyl sites for hydroxylation is 1. The first-order chi connectivity index (χ1) is 19.5. The van der Waals surface area contributed by atoms with Crippen molar-refractivity contribution in [3.8, 4) is 22.3 Å². The van der Waals surface area contributed by atoms with Crippen molar-refractivity contribution in [3.05, 3.63) is 95.3 Å². The zero-order chi connectivity index (χ0) is 28.3. The van der Waals surface area contributed by atoms with Crippen LogP contribution in [0.2, 0.25) is 0 Å². The molecule has 2 nitrogen and oxygen atoms in total. The topological polar surface area (TPSA) is 18.5 Å². The van der Waals surface area contributed by atoms with E-state index in [-0.39, 0.29) is 11.5 Å². The first-order valence-corrected chi connectivity index (χ1v) is 14.7. The molecule has 0 N–H and O–H groups in total. The highest BCUT2D eigenvalue weighted by Gasteiger charge is 2.24. The lowest BCUT2D eigenvalue weighted by Crippen LogP contribution is -2.26. The minimum absolute atomic E-state index is 0.173. The third kappa shape index (κ3) is 7.86. The third-order valence-electron chi connectivity index (χ3n) is 7.63. The average molecular weight is 551 g/mol. The normalized spacial score (nSPS) is 17.5. The van der Waals surface area contributed by atoms with Gasteiger partial charge in [0.2, 0.25) is 0 Å².